The van der Waals surface area contributed by atoms with Gasteiger partial charge in [0, 0.05) is 11.5 Å². The molecule has 2 aromatic heterocycles. The Morgan fingerprint density at radius 3 is 2.67 bits per heavy atom. The van der Waals surface area contributed by atoms with Crippen molar-refractivity contribution in [2.24, 2.45) is 5.41 Å². The van der Waals surface area contributed by atoms with Gasteiger partial charge in [-0.15, -0.1) is 10.2 Å². The van der Waals surface area contributed by atoms with Crippen LogP contribution < -0.4 is 0 Å². The summed E-state index contributed by atoms with van der Waals surface area (Å²) >= 11 is 1.49. The summed E-state index contributed by atoms with van der Waals surface area (Å²) in [6, 6.07) is 4.17. The minimum absolute atomic E-state index is 0.227. The highest BCUT2D eigenvalue weighted by atomic mass is 32.2. The fourth-order valence-electron chi connectivity index (χ4n) is 2.96. The molecule has 130 valence electrons. The van der Waals surface area contributed by atoms with Gasteiger partial charge in [0.05, 0.1) is 12.0 Å². The molecule has 0 aliphatic heterocycles. The van der Waals surface area contributed by atoms with Gasteiger partial charge < -0.3 is 4.42 Å². The van der Waals surface area contributed by atoms with Gasteiger partial charge in [0.25, 0.3) is 0 Å². The molecule has 5 nitrogen and oxygen atoms in total. The van der Waals surface area contributed by atoms with Crippen molar-refractivity contribution in [2.75, 3.05) is 5.75 Å². The van der Waals surface area contributed by atoms with E-state index in [1.165, 1.54) is 31.0 Å². The molecule has 2 heterocycles. The summed E-state index contributed by atoms with van der Waals surface area (Å²) in [6.07, 6.45) is 7.67. The Morgan fingerprint density at radius 2 is 2.04 bits per heavy atom. The zero-order chi connectivity index (χ0) is 17.2. The van der Waals surface area contributed by atoms with E-state index in [-0.39, 0.29) is 11.2 Å². The Bertz CT molecular complexity index is 680. The van der Waals surface area contributed by atoms with Gasteiger partial charge in [-0.25, -0.2) is 0 Å². The number of nitrogens with zero attached hydrogens (tertiary/aromatic N) is 3. The lowest BCUT2D eigenvalue weighted by Gasteiger charge is -2.25. The Labute approximate surface area is 147 Å². The van der Waals surface area contributed by atoms with Crippen molar-refractivity contribution in [3.63, 3.8) is 0 Å². The molecule has 1 saturated carbocycles. The number of furan rings is 1. The van der Waals surface area contributed by atoms with Crippen LogP contribution in [0.25, 0.3) is 11.6 Å². The molecular formula is C18H25N3O2S. The number of carbonyl (C=O) groups excluding carboxylic acids is 1. The Morgan fingerprint density at radius 1 is 1.29 bits per heavy atom. The van der Waals surface area contributed by atoms with Crippen LogP contribution in [0.2, 0.25) is 0 Å². The molecule has 3 rings (SSSR count). The molecule has 1 aliphatic rings. The van der Waals surface area contributed by atoms with Gasteiger partial charge in [-0.05, 0) is 25.0 Å². The van der Waals surface area contributed by atoms with Crippen LogP contribution in [0.15, 0.2) is 28.0 Å². The topological polar surface area (TPSA) is 60.9 Å². The van der Waals surface area contributed by atoms with Crippen LogP contribution in [0.4, 0.5) is 0 Å². The lowest BCUT2D eigenvalue weighted by molar-refractivity contribution is -0.123. The monoisotopic (exact) mass is 347 g/mol. The lowest BCUT2D eigenvalue weighted by atomic mass is 9.92. The van der Waals surface area contributed by atoms with Gasteiger partial charge in [0.15, 0.2) is 10.9 Å². The van der Waals surface area contributed by atoms with Crippen LogP contribution in [-0.4, -0.2) is 26.3 Å². The van der Waals surface area contributed by atoms with E-state index in [1.54, 1.807) is 6.26 Å². The first kappa shape index (κ1) is 17.3. The second-order valence-electron chi connectivity index (χ2n) is 7.41. The number of hydrogen-bond donors (Lipinski definition) is 0. The summed E-state index contributed by atoms with van der Waals surface area (Å²) in [5, 5.41) is 9.55. The number of rotatable bonds is 5. The van der Waals surface area contributed by atoms with Gasteiger partial charge in [0.1, 0.15) is 5.78 Å². The average molecular weight is 347 g/mol. The second-order valence-corrected chi connectivity index (χ2v) is 8.35. The van der Waals surface area contributed by atoms with Crippen LogP contribution in [0, 0.1) is 5.41 Å². The van der Waals surface area contributed by atoms with Crippen molar-refractivity contribution < 1.29 is 9.21 Å². The predicted molar refractivity (Wildman–Crippen MR) is 95.0 cm³/mol. The van der Waals surface area contributed by atoms with Crippen molar-refractivity contribution in [1.82, 2.24) is 14.8 Å². The highest BCUT2D eigenvalue weighted by Gasteiger charge is 2.27. The third-order valence-electron chi connectivity index (χ3n) is 4.51. The fraction of sp³-hybridized carbons (Fsp3) is 0.611. The number of carbonyl (C=O) groups is 1. The molecule has 1 aliphatic carbocycles. The number of hydrogen-bond acceptors (Lipinski definition) is 5. The molecule has 0 atom stereocenters. The van der Waals surface area contributed by atoms with Crippen molar-refractivity contribution in [1.29, 1.82) is 0 Å². The van der Waals surface area contributed by atoms with Gasteiger partial charge in [-0.1, -0.05) is 51.8 Å². The number of thioether (sulfide) groups is 1. The molecule has 0 saturated heterocycles. The summed E-state index contributed by atoms with van der Waals surface area (Å²) in [4.78, 5) is 12.3. The van der Waals surface area contributed by atoms with Crippen LogP contribution in [0.1, 0.15) is 58.9 Å². The molecule has 0 aromatic carbocycles. The normalized spacial score (nSPS) is 16.5. The average Bonchev–Trinajstić information content (AvgIpc) is 3.21. The summed E-state index contributed by atoms with van der Waals surface area (Å²) in [7, 11) is 0. The summed E-state index contributed by atoms with van der Waals surface area (Å²) < 4.78 is 7.74. The van der Waals surface area contributed by atoms with Crippen LogP contribution in [-0.2, 0) is 4.79 Å². The smallest absolute Gasteiger partial charge is 0.200 e. The predicted octanol–water partition coefficient (Wildman–Crippen LogP) is 4.75. The second kappa shape index (κ2) is 7.13. The molecule has 0 spiro atoms. The maximum atomic E-state index is 12.3. The number of ketones is 1. The zero-order valence-electron chi connectivity index (χ0n) is 14.6. The van der Waals surface area contributed by atoms with Crippen LogP contribution in [0.3, 0.4) is 0 Å². The minimum atomic E-state index is -0.327. The molecule has 24 heavy (non-hydrogen) atoms. The first-order valence-electron chi connectivity index (χ1n) is 8.61. The molecule has 2 aromatic rings. The zero-order valence-corrected chi connectivity index (χ0v) is 15.4. The van der Waals surface area contributed by atoms with Gasteiger partial charge in [-0.3, -0.25) is 9.36 Å². The Kier molecular flexibility index (Phi) is 5.13. The largest absolute Gasteiger partial charge is 0.461 e. The highest BCUT2D eigenvalue weighted by Crippen LogP contribution is 2.36. The van der Waals surface area contributed by atoms with Crippen molar-refractivity contribution >= 4 is 17.5 Å². The minimum Gasteiger partial charge on any atom is -0.461 e. The third-order valence-corrected chi connectivity index (χ3v) is 5.46. The maximum Gasteiger partial charge on any atom is 0.200 e. The van der Waals surface area contributed by atoms with Gasteiger partial charge >= 0.3 is 0 Å². The van der Waals surface area contributed by atoms with E-state index in [2.05, 4.69) is 14.8 Å². The first-order chi connectivity index (χ1) is 11.5. The fourth-order valence-corrected chi connectivity index (χ4v) is 4.13. The van der Waals surface area contributed by atoms with E-state index in [1.807, 2.05) is 32.9 Å². The summed E-state index contributed by atoms with van der Waals surface area (Å²) in [5.74, 6) is 2.16. The van der Waals surface area contributed by atoms with Crippen molar-refractivity contribution in [3.8, 4) is 11.6 Å². The van der Waals surface area contributed by atoms with E-state index in [9.17, 15) is 4.79 Å². The molecule has 0 radical (unpaired) electrons. The summed E-state index contributed by atoms with van der Waals surface area (Å²) in [6.45, 7) is 5.86. The molecule has 0 unspecified atom stereocenters. The molecule has 0 amide bonds. The Balaban J connectivity index is 1.87. The van der Waals surface area contributed by atoms with E-state index in [0.717, 1.165) is 29.6 Å². The van der Waals surface area contributed by atoms with E-state index in [0.29, 0.717) is 11.8 Å². The first-order valence-corrected chi connectivity index (χ1v) is 9.60. The van der Waals surface area contributed by atoms with Crippen LogP contribution >= 0.6 is 11.8 Å². The number of aromatic nitrogens is 3. The third kappa shape index (κ3) is 3.74. The maximum absolute atomic E-state index is 12.3. The molecule has 6 heteroatoms. The Hall–Kier alpha value is -1.56. The SMILES string of the molecule is CC(C)(C)C(=O)CSc1nnc(-c2ccco2)n1C1CCCCC1. The molecule has 1 fully saturated rings. The van der Waals surface area contributed by atoms with Gasteiger partial charge in [-0.2, -0.15) is 0 Å². The van der Waals surface area contributed by atoms with Crippen molar-refractivity contribution in [2.45, 2.75) is 64.1 Å². The molecular weight excluding hydrogens is 322 g/mol. The highest BCUT2D eigenvalue weighted by molar-refractivity contribution is 7.99. The van der Waals surface area contributed by atoms with Crippen LogP contribution in [0.5, 0.6) is 0 Å². The van der Waals surface area contributed by atoms with E-state index < -0.39 is 0 Å². The number of Topliss-reactive ketones (excluding diaryl/α,β-unsaturated/α-hetero) is 1. The van der Waals surface area contributed by atoms with Gasteiger partial charge in [0.2, 0.25) is 5.82 Å². The lowest BCUT2D eigenvalue weighted by Crippen LogP contribution is -2.22. The molecule has 0 N–H and O–H groups in total. The summed E-state index contributed by atoms with van der Waals surface area (Å²) in [5.41, 5.74) is -0.327. The van der Waals surface area contributed by atoms with Crippen molar-refractivity contribution in [3.05, 3.63) is 18.4 Å². The van der Waals surface area contributed by atoms with E-state index in [4.69, 9.17) is 4.42 Å². The molecule has 0 bridgehead atoms. The van der Waals surface area contributed by atoms with E-state index >= 15 is 0 Å². The quantitative estimate of drug-likeness (QED) is 0.730. The standard InChI is InChI=1S/C18H25N3O2S/c1-18(2,3)15(22)12-24-17-20-19-16(14-10-7-11-23-14)21(17)13-8-5-4-6-9-13/h7,10-11,13H,4-6,8-9,12H2,1-3H3.